The summed E-state index contributed by atoms with van der Waals surface area (Å²) in [6, 6.07) is 13.8. The van der Waals surface area contributed by atoms with E-state index in [9.17, 15) is 19.2 Å². The molecule has 5 rings (SSSR count). The summed E-state index contributed by atoms with van der Waals surface area (Å²) in [5, 5.41) is 9.80. The average molecular weight is 488 g/mol. The molecule has 1 spiro atoms. The second kappa shape index (κ2) is 8.95. The summed E-state index contributed by atoms with van der Waals surface area (Å²) in [4.78, 5) is 51.6. The number of nitrogens with one attached hydrogen (secondary N) is 2. The largest absolute Gasteiger partial charge is 0.462 e. The maximum atomic E-state index is 13.2. The van der Waals surface area contributed by atoms with E-state index in [1.807, 2.05) is 24.3 Å². The lowest BCUT2D eigenvalue weighted by molar-refractivity contribution is -0.134. The monoisotopic (exact) mass is 487 g/mol. The fourth-order valence-corrected chi connectivity index (χ4v) is 4.84. The molecule has 1 aromatic heterocycles. The van der Waals surface area contributed by atoms with Gasteiger partial charge < -0.3 is 15.4 Å². The summed E-state index contributed by atoms with van der Waals surface area (Å²) in [7, 11) is 0. The van der Waals surface area contributed by atoms with Crippen LogP contribution in [0.5, 0.6) is 0 Å². The molecule has 1 fully saturated rings. The number of nitrogens with zero attached hydrogens (tertiary/aromatic N) is 3. The fourth-order valence-electron chi connectivity index (χ4n) is 4.84. The van der Waals surface area contributed by atoms with Crippen LogP contribution in [0.3, 0.4) is 0 Å². The highest BCUT2D eigenvalue weighted by atomic mass is 16.5. The average Bonchev–Trinajstić information content (AvgIpc) is 3.51. The third-order valence-electron chi connectivity index (χ3n) is 6.62. The predicted octanol–water partition coefficient (Wildman–Crippen LogP) is 2.69. The number of urea groups is 1. The van der Waals surface area contributed by atoms with Crippen LogP contribution in [0.4, 0.5) is 10.5 Å². The molecule has 1 aliphatic heterocycles. The highest BCUT2D eigenvalue weighted by Gasteiger charge is 2.55. The molecule has 1 saturated heterocycles. The molecule has 1 aliphatic carbocycles. The minimum atomic E-state index is -1.10. The SMILES string of the molecule is CCOC(=O)c1cnn(-c2ccc(NC(=O)CN3C(=O)N[C@@]4(CCc5ccccc54)C3=O)cc2)c1C. The number of ether oxygens (including phenoxy) is 1. The van der Waals surface area contributed by atoms with E-state index in [4.69, 9.17) is 4.74 Å². The van der Waals surface area contributed by atoms with E-state index >= 15 is 0 Å². The number of carbonyl (C=O) groups excluding carboxylic acids is 4. The van der Waals surface area contributed by atoms with Crippen molar-refractivity contribution in [3.05, 3.63) is 77.1 Å². The molecule has 2 heterocycles. The maximum Gasteiger partial charge on any atom is 0.341 e. The van der Waals surface area contributed by atoms with Gasteiger partial charge >= 0.3 is 12.0 Å². The molecular weight excluding hydrogens is 462 g/mol. The highest BCUT2D eigenvalue weighted by Crippen LogP contribution is 2.41. The number of benzene rings is 2. The Hall–Kier alpha value is -4.47. The second-order valence-corrected chi connectivity index (χ2v) is 8.75. The van der Waals surface area contributed by atoms with Crippen LogP contribution >= 0.6 is 0 Å². The Morgan fingerprint density at radius 2 is 1.89 bits per heavy atom. The van der Waals surface area contributed by atoms with Gasteiger partial charge in [-0.1, -0.05) is 24.3 Å². The predicted molar refractivity (Wildman–Crippen MR) is 130 cm³/mol. The van der Waals surface area contributed by atoms with Gasteiger partial charge in [0, 0.05) is 5.69 Å². The Labute approximate surface area is 207 Å². The van der Waals surface area contributed by atoms with Gasteiger partial charge in [0.1, 0.15) is 17.6 Å². The molecule has 4 amide bonds. The summed E-state index contributed by atoms with van der Waals surface area (Å²) < 4.78 is 6.64. The van der Waals surface area contributed by atoms with Crippen molar-refractivity contribution >= 4 is 29.5 Å². The van der Waals surface area contributed by atoms with E-state index in [0.717, 1.165) is 16.0 Å². The molecule has 2 N–H and O–H groups in total. The molecule has 0 radical (unpaired) electrons. The Morgan fingerprint density at radius 1 is 1.14 bits per heavy atom. The summed E-state index contributed by atoms with van der Waals surface area (Å²) in [6.07, 6.45) is 2.61. The minimum absolute atomic E-state index is 0.275. The first-order valence-corrected chi connectivity index (χ1v) is 11.7. The molecule has 10 heteroatoms. The van der Waals surface area contributed by atoms with Crippen molar-refractivity contribution in [2.75, 3.05) is 18.5 Å². The molecule has 2 aromatic carbocycles. The van der Waals surface area contributed by atoms with Crippen LogP contribution in [-0.4, -0.2) is 51.6 Å². The van der Waals surface area contributed by atoms with Crippen molar-refractivity contribution in [3.8, 4) is 5.69 Å². The minimum Gasteiger partial charge on any atom is -0.462 e. The Bertz CT molecular complexity index is 1380. The van der Waals surface area contributed by atoms with Crippen molar-refractivity contribution in [3.63, 3.8) is 0 Å². The van der Waals surface area contributed by atoms with Crippen molar-refractivity contribution in [1.82, 2.24) is 20.0 Å². The summed E-state index contributed by atoms with van der Waals surface area (Å²) in [5.41, 5.74) is 2.92. The number of hydrogen-bond donors (Lipinski definition) is 2. The number of carbonyl (C=O) groups is 4. The van der Waals surface area contributed by atoms with Gasteiger partial charge in [-0.2, -0.15) is 5.10 Å². The normalized spacial score (nSPS) is 18.3. The molecule has 2 aliphatic rings. The van der Waals surface area contributed by atoms with Crippen LogP contribution in [-0.2, 0) is 26.3 Å². The number of imide groups is 1. The first kappa shape index (κ1) is 23.3. The maximum absolute atomic E-state index is 13.2. The second-order valence-electron chi connectivity index (χ2n) is 8.75. The van der Waals surface area contributed by atoms with Gasteiger partial charge in [-0.05, 0) is 62.1 Å². The zero-order valence-electron chi connectivity index (χ0n) is 19.9. The topological polar surface area (TPSA) is 123 Å². The van der Waals surface area contributed by atoms with Gasteiger partial charge in [0.05, 0.1) is 24.2 Å². The van der Waals surface area contributed by atoms with E-state index in [-0.39, 0.29) is 6.61 Å². The van der Waals surface area contributed by atoms with E-state index in [1.54, 1.807) is 42.8 Å². The summed E-state index contributed by atoms with van der Waals surface area (Å²) >= 11 is 0. The first-order valence-electron chi connectivity index (χ1n) is 11.7. The molecule has 3 aromatic rings. The zero-order chi connectivity index (χ0) is 25.4. The lowest BCUT2D eigenvalue weighted by Gasteiger charge is -2.22. The van der Waals surface area contributed by atoms with Crippen molar-refractivity contribution in [2.45, 2.75) is 32.2 Å². The van der Waals surface area contributed by atoms with Crippen molar-refractivity contribution in [1.29, 1.82) is 0 Å². The Kier molecular flexibility index (Phi) is 5.79. The number of hydrogen-bond acceptors (Lipinski definition) is 6. The van der Waals surface area contributed by atoms with Crippen LogP contribution in [0.1, 0.15) is 40.5 Å². The van der Waals surface area contributed by atoms with E-state index in [1.165, 1.54) is 6.20 Å². The van der Waals surface area contributed by atoms with Gasteiger partial charge in [0.25, 0.3) is 5.91 Å². The quantitative estimate of drug-likeness (QED) is 0.407. The van der Waals surface area contributed by atoms with Crippen molar-refractivity contribution in [2.24, 2.45) is 0 Å². The zero-order valence-corrected chi connectivity index (χ0v) is 19.9. The first-order chi connectivity index (χ1) is 17.3. The standard InChI is InChI=1S/C26H25N5O5/c1-3-36-23(33)20-14-27-31(16(20)2)19-10-8-18(9-11-19)28-22(32)15-30-24(34)26(29-25(30)35)13-12-17-6-4-5-7-21(17)26/h4-11,14H,3,12-13,15H2,1-2H3,(H,28,32)(H,29,35)/t26-/m1/s1. The summed E-state index contributed by atoms with van der Waals surface area (Å²) in [6.45, 7) is 3.39. The number of esters is 1. The number of amides is 4. The van der Waals surface area contributed by atoms with Gasteiger partial charge in [-0.15, -0.1) is 0 Å². The van der Waals surface area contributed by atoms with Crippen LogP contribution in [0.15, 0.2) is 54.7 Å². The van der Waals surface area contributed by atoms with Crippen LogP contribution in [0.2, 0.25) is 0 Å². The smallest absolute Gasteiger partial charge is 0.341 e. The van der Waals surface area contributed by atoms with E-state index < -0.39 is 35.9 Å². The molecule has 0 saturated carbocycles. The molecule has 1 atom stereocenters. The fraction of sp³-hybridized carbons (Fsp3) is 0.269. The molecule has 10 nitrogen and oxygen atoms in total. The molecule has 36 heavy (non-hydrogen) atoms. The number of aromatic nitrogens is 2. The van der Waals surface area contributed by atoms with Crippen molar-refractivity contribution < 1.29 is 23.9 Å². The number of rotatable bonds is 6. The Balaban J connectivity index is 1.26. The molecule has 0 bridgehead atoms. The van der Waals surface area contributed by atoms with Crippen LogP contribution in [0.25, 0.3) is 5.69 Å². The number of aryl methyl sites for hydroxylation is 1. The lowest BCUT2D eigenvalue weighted by Crippen LogP contribution is -2.42. The molecule has 0 unspecified atom stereocenters. The molecular formula is C26H25N5O5. The van der Waals surface area contributed by atoms with E-state index in [0.29, 0.717) is 35.5 Å². The van der Waals surface area contributed by atoms with Gasteiger partial charge in [-0.25, -0.2) is 14.3 Å². The third-order valence-corrected chi connectivity index (χ3v) is 6.62. The number of fused-ring (bicyclic) bond motifs is 2. The summed E-state index contributed by atoms with van der Waals surface area (Å²) in [5.74, 6) is -1.34. The highest BCUT2D eigenvalue weighted by molar-refractivity contribution is 6.11. The Morgan fingerprint density at radius 3 is 2.64 bits per heavy atom. The number of anilines is 1. The van der Waals surface area contributed by atoms with Crippen LogP contribution in [0, 0.1) is 6.92 Å². The van der Waals surface area contributed by atoms with Gasteiger partial charge in [0.2, 0.25) is 5.91 Å². The molecule has 184 valence electrons. The van der Waals surface area contributed by atoms with Gasteiger partial charge in [-0.3, -0.25) is 14.5 Å². The van der Waals surface area contributed by atoms with Crippen LogP contribution < -0.4 is 10.6 Å². The lowest BCUT2D eigenvalue weighted by atomic mass is 9.92. The third kappa shape index (κ3) is 3.80. The van der Waals surface area contributed by atoms with Gasteiger partial charge in [0.15, 0.2) is 0 Å². The van der Waals surface area contributed by atoms with E-state index in [2.05, 4.69) is 15.7 Å².